The van der Waals surface area contributed by atoms with E-state index in [0.717, 1.165) is 0 Å². The zero-order valence-electron chi connectivity index (χ0n) is 18.9. The van der Waals surface area contributed by atoms with Crippen LogP contribution in [0.1, 0.15) is 42.6 Å². The number of nitrogens with zero attached hydrogens (tertiary/aromatic N) is 2. The van der Waals surface area contributed by atoms with Crippen LogP contribution in [-0.2, 0) is 16.8 Å². The Balaban J connectivity index is 1.78. The summed E-state index contributed by atoms with van der Waals surface area (Å²) >= 11 is 5.97. The van der Waals surface area contributed by atoms with Crippen LogP contribution in [0.15, 0.2) is 53.1 Å². The van der Waals surface area contributed by atoms with E-state index < -0.39 is 23.8 Å². The molecule has 0 radical (unpaired) electrons. The summed E-state index contributed by atoms with van der Waals surface area (Å²) < 4.78 is 19.3. The van der Waals surface area contributed by atoms with Crippen LogP contribution in [0.5, 0.6) is 0 Å². The number of hydrogen-bond donors (Lipinski definition) is 3. The van der Waals surface area contributed by atoms with Crippen molar-refractivity contribution >= 4 is 23.5 Å². The maximum Gasteiger partial charge on any atom is 0.333 e. The van der Waals surface area contributed by atoms with Crippen molar-refractivity contribution in [3.63, 3.8) is 0 Å². The molecule has 0 fully saturated rings. The Hall–Kier alpha value is -3.27. The molecule has 0 unspecified atom stereocenters. The average molecular weight is 490 g/mol. The van der Waals surface area contributed by atoms with Gasteiger partial charge in [-0.05, 0) is 29.3 Å². The highest BCUT2D eigenvalue weighted by Crippen LogP contribution is 2.26. The zero-order chi connectivity index (χ0) is 25.0. The van der Waals surface area contributed by atoms with Crippen molar-refractivity contribution in [2.45, 2.75) is 38.8 Å². The summed E-state index contributed by atoms with van der Waals surface area (Å²) in [6.07, 6.45) is -1.74. The standard InChI is InChI=1S/C24H25ClFN3O5/c1-24(2,3)21-11-20(34-28-21)22(31)27-29(13-19(30)23(32)33)12-14-4-6-15(7-5-14)17-10-16(25)8-9-18(17)26/h4-11,19,30H,12-13H2,1-3H3,(H,27,31)(H,32,33)/t19-/m1/s1. The van der Waals surface area contributed by atoms with Gasteiger partial charge in [0.25, 0.3) is 0 Å². The Labute approximate surface area is 200 Å². The second-order valence-corrected chi connectivity index (χ2v) is 9.26. The smallest absolute Gasteiger partial charge is 0.333 e. The van der Waals surface area contributed by atoms with Crippen LogP contribution < -0.4 is 5.43 Å². The predicted molar refractivity (Wildman–Crippen MR) is 124 cm³/mol. The Morgan fingerprint density at radius 2 is 1.85 bits per heavy atom. The summed E-state index contributed by atoms with van der Waals surface area (Å²) in [6, 6.07) is 12.5. The molecule has 8 nitrogen and oxygen atoms in total. The minimum Gasteiger partial charge on any atom is -0.479 e. The molecule has 34 heavy (non-hydrogen) atoms. The number of carboxylic acid groups (broad SMARTS) is 1. The third kappa shape index (κ3) is 6.40. The fourth-order valence-corrected chi connectivity index (χ4v) is 3.27. The van der Waals surface area contributed by atoms with Crippen molar-refractivity contribution in [1.29, 1.82) is 0 Å². The fourth-order valence-electron chi connectivity index (χ4n) is 3.10. The van der Waals surface area contributed by atoms with Crippen molar-refractivity contribution in [3.05, 3.63) is 76.4 Å². The van der Waals surface area contributed by atoms with E-state index >= 15 is 0 Å². The minimum absolute atomic E-state index is 0.0495. The summed E-state index contributed by atoms with van der Waals surface area (Å²) in [7, 11) is 0. The Kier molecular flexibility index (Phi) is 7.71. The van der Waals surface area contributed by atoms with Gasteiger partial charge in [0.2, 0.25) is 5.76 Å². The highest BCUT2D eigenvalue weighted by atomic mass is 35.5. The van der Waals surface area contributed by atoms with E-state index in [0.29, 0.717) is 27.4 Å². The second kappa shape index (κ2) is 10.3. The summed E-state index contributed by atoms with van der Waals surface area (Å²) in [4.78, 5) is 23.8. The molecule has 180 valence electrons. The lowest BCUT2D eigenvalue weighted by molar-refractivity contribution is -0.148. The second-order valence-electron chi connectivity index (χ2n) is 8.82. The van der Waals surface area contributed by atoms with Gasteiger partial charge in [0, 0.05) is 28.6 Å². The highest BCUT2D eigenvalue weighted by Gasteiger charge is 2.25. The molecular formula is C24H25ClFN3O5. The maximum atomic E-state index is 14.2. The van der Waals surface area contributed by atoms with E-state index in [1.165, 1.54) is 29.3 Å². The number of nitrogens with one attached hydrogen (secondary N) is 1. The first-order valence-corrected chi connectivity index (χ1v) is 10.8. The number of hydrazine groups is 1. The Morgan fingerprint density at radius 1 is 1.18 bits per heavy atom. The summed E-state index contributed by atoms with van der Waals surface area (Å²) in [5.41, 5.74) is 4.42. The predicted octanol–water partition coefficient (Wildman–Crippen LogP) is 4.02. The number of carbonyl (C=O) groups is 2. The van der Waals surface area contributed by atoms with E-state index in [9.17, 15) is 19.1 Å². The SMILES string of the molecule is CC(C)(C)c1cc(C(=O)NN(Cc2ccc(-c3cc(Cl)ccc3F)cc2)C[C@@H](O)C(=O)O)on1. The molecule has 0 saturated carbocycles. The first-order chi connectivity index (χ1) is 15.9. The number of aliphatic hydroxyl groups excluding tert-OH is 1. The minimum atomic E-state index is -1.74. The first-order valence-electron chi connectivity index (χ1n) is 10.4. The fraction of sp³-hybridized carbons (Fsp3) is 0.292. The third-order valence-corrected chi connectivity index (χ3v) is 5.24. The zero-order valence-corrected chi connectivity index (χ0v) is 19.6. The van der Waals surface area contributed by atoms with Crippen molar-refractivity contribution in [1.82, 2.24) is 15.6 Å². The van der Waals surface area contributed by atoms with Gasteiger partial charge < -0.3 is 14.7 Å². The molecule has 0 bridgehead atoms. The van der Waals surface area contributed by atoms with Gasteiger partial charge in [-0.1, -0.05) is 61.8 Å². The number of carboxylic acids is 1. The van der Waals surface area contributed by atoms with Crippen LogP contribution in [-0.4, -0.2) is 44.9 Å². The normalized spacial score (nSPS) is 12.6. The number of carbonyl (C=O) groups excluding carboxylic acids is 1. The van der Waals surface area contributed by atoms with Crippen LogP contribution in [0, 0.1) is 5.82 Å². The van der Waals surface area contributed by atoms with Crippen molar-refractivity contribution in [3.8, 4) is 11.1 Å². The number of amides is 1. The summed E-state index contributed by atoms with van der Waals surface area (Å²) in [5.74, 6) is -2.54. The van der Waals surface area contributed by atoms with Crippen LogP contribution in [0.4, 0.5) is 4.39 Å². The largest absolute Gasteiger partial charge is 0.479 e. The van der Waals surface area contributed by atoms with Crippen molar-refractivity contribution < 1.29 is 28.7 Å². The van der Waals surface area contributed by atoms with Crippen molar-refractivity contribution in [2.75, 3.05) is 6.54 Å². The quantitative estimate of drug-likeness (QED) is 0.409. The lowest BCUT2D eigenvalue weighted by atomic mass is 9.92. The van der Waals surface area contributed by atoms with Gasteiger partial charge in [0.05, 0.1) is 12.2 Å². The van der Waals surface area contributed by atoms with Gasteiger partial charge in [-0.3, -0.25) is 10.2 Å². The summed E-state index contributed by atoms with van der Waals surface area (Å²) in [5, 5.41) is 24.5. The first kappa shape index (κ1) is 25.4. The molecule has 0 spiro atoms. The highest BCUT2D eigenvalue weighted by molar-refractivity contribution is 6.30. The van der Waals surface area contributed by atoms with Crippen LogP contribution in [0.3, 0.4) is 0 Å². The molecule has 3 N–H and O–H groups in total. The summed E-state index contributed by atoms with van der Waals surface area (Å²) in [6.45, 7) is 5.43. The molecular weight excluding hydrogens is 465 g/mol. The molecule has 3 rings (SSSR count). The van der Waals surface area contributed by atoms with Crippen LogP contribution in [0.2, 0.25) is 5.02 Å². The van der Waals surface area contributed by atoms with Gasteiger partial charge in [-0.25, -0.2) is 14.2 Å². The van der Waals surface area contributed by atoms with Gasteiger partial charge in [-0.15, -0.1) is 0 Å². The van der Waals surface area contributed by atoms with E-state index in [1.807, 2.05) is 20.8 Å². The third-order valence-electron chi connectivity index (χ3n) is 5.01. The van der Waals surface area contributed by atoms with E-state index in [1.54, 1.807) is 24.3 Å². The molecule has 2 aromatic carbocycles. The lowest BCUT2D eigenvalue weighted by Crippen LogP contribution is -2.47. The Bertz CT molecular complexity index is 1170. The average Bonchev–Trinajstić information content (AvgIpc) is 3.27. The van der Waals surface area contributed by atoms with Gasteiger partial charge >= 0.3 is 11.9 Å². The lowest BCUT2D eigenvalue weighted by Gasteiger charge is -2.24. The molecule has 0 saturated heterocycles. The monoisotopic (exact) mass is 489 g/mol. The van der Waals surface area contributed by atoms with Crippen molar-refractivity contribution in [2.24, 2.45) is 0 Å². The van der Waals surface area contributed by atoms with E-state index in [4.69, 9.17) is 21.2 Å². The molecule has 1 atom stereocenters. The molecule has 0 aliphatic rings. The Morgan fingerprint density at radius 3 is 2.44 bits per heavy atom. The molecule has 10 heteroatoms. The maximum absolute atomic E-state index is 14.2. The number of aliphatic hydroxyl groups is 1. The number of aromatic nitrogens is 1. The van der Waals surface area contributed by atoms with Gasteiger partial charge in [0.1, 0.15) is 5.82 Å². The molecule has 1 amide bonds. The number of benzene rings is 2. The topological polar surface area (TPSA) is 116 Å². The van der Waals surface area contributed by atoms with Crippen LogP contribution >= 0.6 is 11.6 Å². The van der Waals surface area contributed by atoms with E-state index in [-0.39, 0.29) is 24.3 Å². The molecule has 1 aromatic heterocycles. The number of halogens is 2. The molecule has 1 heterocycles. The van der Waals surface area contributed by atoms with Gasteiger partial charge in [0.15, 0.2) is 6.10 Å². The van der Waals surface area contributed by atoms with Gasteiger partial charge in [-0.2, -0.15) is 0 Å². The molecule has 0 aliphatic carbocycles. The number of hydrogen-bond acceptors (Lipinski definition) is 6. The molecule has 0 aliphatic heterocycles. The number of rotatable bonds is 8. The number of aliphatic carboxylic acids is 1. The van der Waals surface area contributed by atoms with E-state index in [2.05, 4.69) is 10.6 Å². The molecule has 3 aromatic rings. The van der Waals surface area contributed by atoms with Crippen LogP contribution in [0.25, 0.3) is 11.1 Å².